The highest BCUT2D eigenvalue weighted by molar-refractivity contribution is 5.89. The van der Waals surface area contributed by atoms with Crippen molar-refractivity contribution in [3.63, 3.8) is 0 Å². The van der Waals surface area contributed by atoms with Gasteiger partial charge in [0.1, 0.15) is 5.82 Å². The number of carbonyl (C=O) groups is 1. The standard InChI is InChI=1S/C19H16F3N5O/c1-12(28)24-15-3-2-4-16(11-15)26-18-23-10-9-17(27-18)25-14-7-5-13(6-8-14)19(20,21)22/h2-11H,1H3,(H,24,28)(H2,23,25,26,27). The van der Waals surface area contributed by atoms with E-state index in [1.807, 2.05) is 0 Å². The topological polar surface area (TPSA) is 78.9 Å². The monoisotopic (exact) mass is 387 g/mol. The lowest BCUT2D eigenvalue weighted by molar-refractivity contribution is -0.137. The first-order chi connectivity index (χ1) is 13.3. The second-order valence-electron chi connectivity index (χ2n) is 5.85. The smallest absolute Gasteiger partial charge is 0.340 e. The van der Waals surface area contributed by atoms with Gasteiger partial charge in [-0.25, -0.2) is 4.98 Å². The second kappa shape index (κ2) is 7.95. The Balaban J connectivity index is 1.71. The van der Waals surface area contributed by atoms with Crippen LogP contribution in [0.25, 0.3) is 0 Å². The predicted molar refractivity (Wildman–Crippen MR) is 101 cm³/mol. The number of halogens is 3. The maximum Gasteiger partial charge on any atom is 0.416 e. The van der Waals surface area contributed by atoms with Gasteiger partial charge in [0.05, 0.1) is 5.56 Å². The van der Waals surface area contributed by atoms with E-state index in [1.165, 1.54) is 25.3 Å². The van der Waals surface area contributed by atoms with Crippen molar-refractivity contribution < 1.29 is 18.0 Å². The lowest BCUT2D eigenvalue weighted by Crippen LogP contribution is -2.06. The van der Waals surface area contributed by atoms with Crippen LogP contribution in [0.15, 0.2) is 60.8 Å². The van der Waals surface area contributed by atoms with E-state index >= 15 is 0 Å². The molecule has 2 aromatic carbocycles. The summed E-state index contributed by atoms with van der Waals surface area (Å²) in [5.41, 5.74) is 1.03. The molecule has 0 bridgehead atoms. The van der Waals surface area contributed by atoms with E-state index in [0.717, 1.165) is 12.1 Å². The quantitative estimate of drug-likeness (QED) is 0.578. The van der Waals surface area contributed by atoms with Crippen LogP contribution >= 0.6 is 0 Å². The molecule has 0 radical (unpaired) electrons. The van der Waals surface area contributed by atoms with Gasteiger partial charge < -0.3 is 16.0 Å². The van der Waals surface area contributed by atoms with Gasteiger partial charge in [-0.1, -0.05) is 6.07 Å². The molecule has 28 heavy (non-hydrogen) atoms. The number of hydrogen-bond acceptors (Lipinski definition) is 5. The van der Waals surface area contributed by atoms with Gasteiger partial charge in [0.2, 0.25) is 11.9 Å². The van der Waals surface area contributed by atoms with Crippen molar-refractivity contribution in [3.05, 3.63) is 66.4 Å². The van der Waals surface area contributed by atoms with Crippen molar-refractivity contribution >= 4 is 34.7 Å². The van der Waals surface area contributed by atoms with Gasteiger partial charge >= 0.3 is 6.18 Å². The highest BCUT2D eigenvalue weighted by Crippen LogP contribution is 2.30. The largest absolute Gasteiger partial charge is 0.416 e. The fourth-order valence-corrected chi connectivity index (χ4v) is 2.39. The molecule has 0 aliphatic carbocycles. The predicted octanol–water partition coefficient (Wildman–Crippen LogP) is 4.94. The molecule has 3 rings (SSSR count). The average molecular weight is 387 g/mol. The third-order valence-corrected chi connectivity index (χ3v) is 3.58. The van der Waals surface area contributed by atoms with E-state index in [9.17, 15) is 18.0 Å². The molecule has 3 N–H and O–H groups in total. The Bertz CT molecular complexity index is 974. The number of benzene rings is 2. The van der Waals surface area contributed by atoms with Crippen LogP contribution in [0.5, 0.6) is 0 Å². The zero-order chi connectivity index (χ0) is 20.1. The normalized spacial score (nSPS) is 11.0. The number of hydrogen-bond donors (Lipinski definition) is 3. The van der Waals surface area contributed by atoms with Crippen LogP contribution < -0.4 is 16.0 Å². The Morgan fingerprint density at radius 3 is 2.32 bits per heavy atom. The molecule has 0 unspecified atom stereocenters. The molecular weight excluding hydrogens is 371 g/mol. The summed E-state index contributed by atoms with van der Waals surface area (Å²) in [7, 11) is 0. The summed E-state index contributed by atoms with van der Waals surface area (Å²) in [6.45, 7) is 1.42. The number of anilines is 5. The Morgan fingerprint density at radius 2 is 1.64 bits per heavy atom. The van der Waals surface area contributed by atoms with Crippen LogP contribution in [-0.4, -0.2) is 15.9 Å². The van der Waals surface area contributed by atoms with E-state index in [1.54, 1.807) is 30.3 Å². The maximum absolute atomic E-state index is 12.6. The molecule has 144 valence electrons. The second-order valence-corrected chi connectivity index (χ2v) is 5.85. The molecule has 0 aliphatic heterocycles. The molecule has 1 amide bonds. The fourth-order valence-electron chi connectivity index (χ4n) is 2.39. The summed E-state index contributed by atoms with van der Waals surface area (Å²) in [5.74, 6) is 0.517. The highest BCUT2D eigenvalue weighted by Gasteiger charge is 2.29. The van der Waals surface area contributed by atoms with Crippen molar-refractivity contribution in [2.24, 2.45) is 0 Å². The zero-order valence-corrected chi connectivity index (χ0v) is 14.7. The molecule has 0 atom stereocenters. The Kier molecular flexibility index (Phi) is 5.44. The summed E-state index contributed by atoms with van der Waals surface area (Å²) < 4.78 is 37.9. The lowest BCUT2D eigenvalue weighted by atomic mass is 10.2. The van der Waals surface area contributed by atoms with Gasteiger partial charge in [0.25, 0.3) is 0 Å². The minimum absolute atomic E-state index is 0.184. The van der Waals surface area contributed by atoms with E-state index in [0.29, 0.717) is 22.9 Å². The Hall–Kier alpha value is -3.62. The van der Waals surface area contributed by atoms with Crippen LogP contribution in [0.1, 0.15) is 12.5 Å². The van der Waals surface area contributed by atoms with Crippen molar-refractivity contribution in [1.29, 1.82) is 0 Å². The van der Waals surface area contributed by atoms with Crippen molar-refractivity contribution in [1.82, 2.24) is 9.97 Å². The van der Waals surface area contributed by atoms with Crippen LogP contribution in [0.3, 0.4) is 0 Å². The SMILES string of the molecule is CC(=O)Nc1cccc(Nc2nccc(Nc3ccc(C(F)(F)F)cc3)n2)c1. The zero-order valence-electron chi connectivity index (χ0n) is 14.7. The molecule has 0 saturated carbocycles. The van der Waals surface area contributed by atoms with Crippen LogP contribution in [0, 0.1) is 0 Å². The lowest BCUT2D eigenvalue weighted by Gasteiger charge is -2.11. The summed E-state index contributed by atoms with van der Waals surface area (Å²) >= 11 is 0. The number of rotatable bonds is 5. The third kappa shape index (κ3) is 5.19. The molecule has 3 aromatic rings. The van der Waals surface area contributed by atoms with E-state index in [-0.39, 0.29) is 11.9 Å². The molecule has 0 spiro atoms. The Morgan fingerprint density at radius 1 is 0.929 bits per heavy atom. The fraction of sp³-hybridized carbons (Fsp3) is 0.105. The van der Waals surface area contributed by atoms with Gasteiger partial charge in [-0.3, -0.25) is 4.79 Å². The first-order valence-electron chi connectivity index (χ1n) is 8.21. The first kappa shape index (κ1) is 19.2. The van der Waals surface area contributed by atoms with Gasteiger partial charge in [0, 0.05) is 30.2 Å². The summed E-state index contributed by atoms with van der Waals surface area (Å²) in [4.78, 5) is 19.5. The number of nitrogens with one attached hydrogen (secondary N) is 3. The van der Waals surface area contributed by atoms with Crippen molar-refractivity contribution in [2.75, 3.05) is 16.0 Å². The summed E-state index contributed by atoms with van der Waals surface area (Å²) in [6.07, 6.45) is -2.87. The van der Waals surface area contributed by atoms with Gasteiger partial charge in [-0.05, 0) is 48.5 Å². The maximum atomic E-state index is 12.6. The number of amides is 1. The highest BCUT2D eigenvalue weighted by atomic mass is 19.4. The van der Waals surface area contributed by atoms with Gasteiger partial charge in [-0.2, -0.15) is 18.2 Å². The minimum atomic E-state index is -4.38. The molecule has 1 heterocycles. The average Bonchev–Trinajstić information content (AvgIpc) is 2.61. The van der Waals surface area contributed by atoms with Crippen LogP contribution in [-0.2, 0) is 11.0 Å². The summed E-state index contributed by atoms with van der Waals surface area (Å²) in [5, 5.41) is 8.62. The molecule has 6 nitrogen and oxygen atoms in total. The molecule has 9 heteroatoms. The number of carbonyl (C=O) groups excluding carboxylic acids is 1. The molecule has 1 aromatic heterocycles. The van der Waals surface area contributed by atoms with Gasteiger partial charge in [-0.15, -0.1) is 0 Å². The van der Waals surface area contributed by atoms with E-state index in [2.05, 4.69) is 25.9 Å². The van der Waals surface area contributed by atoms with Crippen LogP contribution in [0.4, 0.5) is 42.0 Å². The number of nitrogens with zero attached hydrogens (tertiary/aromatic N) is 2. The molecule has 0 fully saturated rings. The number of aromatic nitrogens is 2. The third-order valence-electron chi connectivity index (χ3n) is 3.58. The van der Waals surface area contributed by atoms with Gasteiger partial charge in [0.15, 0.2) is 0 Å². The minimum Gasteiger partial charge on any atom is -0.340 e. The summed E-state index contributed by atoms with van der Waals surface area (Å²) in [6, 6.07) is 13.3. The van der Waals surface area contributed by atoms with E-state index in [4.69, 9.17) is 0 Å². The van der Waals surface area contributed by atoms with Crippen molar-refractivity contribution in [2.45, 2.75) is 13.1 Å². The molecule has 0 aliphatic rings. The molecular formula is C19H16F3N5O. The van der Waals surface area contributed by atoms with E-state index < -0.39 is 11.7 Å². The number of alkyl halides is 3. The molecule has 0 saturated heterocycles. The van der Waals surface area contributed by atoms with Crippen molar-refractivity contribution in [3.8, 4) is 0 Å². The van der Waals surface area contributed by atoms with Crippen LogP contribution in [0.2, 0.25) is 0 Å². The first-order valence-corrected chi connectivity index (χ1v) is 8.21. The Labute approximate surface area is 158 Å².